The second kappa shape index (κ2) is 6.29. The van der Waals surface area contributed by atoms with Crippen molar-refractivity contribution in [3.63, 3.8) is 0 Å². The van der Waals surface area contributed by atoms with E-state index < -0.39 is 0 Å². The first-order valence-electron chi connectivity index (χ1n) is 7.75. The molecule has 0 amide bonds. The van der Waals surface area contributed by atoms with Crippen molar-refractivity contribution in [3.05, 3.63) is 24.0 Å². The number of imidazole rings is 1. The molecule has 2 N–H and O–H groups in total. The van der Waals surface area contributed by atoms with Crippen molar-refractivity contribution in [2.45, 2.75) is 58.8 Å². The number of H-pyrrole nitrogens is 1. The van der Waals surface area contributed by atoms with Crippen molar-refractivity contribution < 1.29 is 0 Å². The SMILES string of the molecule is CCCCCCNc1ccc2nc(C(C)(C)C)[nH]c2c1. The number of hydrogen-bond donors (Lipinski definition) is 2. The van der Waals surface area contributed by atoms with Crippen molar-refractivity contribution in [2.75, 3.05) is 11.9 Å². The summed E-state index contributed by atoms with van der Waals surface area (Å²) in [6.45, 7) is 9.82. The molecule has 110 valence electrons. The fourth-order valence-corrected chi connectivity index (χ4v) is 2.26. The van der Waals surface area contributed by atoms with Crippen LogP contribution in [0.4, 0.5) is 5.69 Å². The Bertz CT molecular complexity index is 549. The summed E-state index contributed by atoms with van der Waals surface area (Å²) in [5.41, 5.74) is 3.41. The van der Waals surface area contributed by atoms with Crippen LogP contribution in [0.15, 0.2) is 18.2 Å². The minimum absolute atomic E-state index is 0.0623. The summed E-state index contributed by atoms with van der Waals surface area (Å²) in [5, 5.41) is 3.50. The Balaban J connectivity index is 2.02. The zero-order valence-electron chi connectivity index (χ0n) is 13.2. The molecule has 0 saturated heterocycles. The quantitative estimate of drug-likeness (QED) is 0.738. The van der Waals surface area contributed by atoms with E-state index in [0.717, 1.165) is 23.4 Å². The van der Waals surface area contributed by atoms with E-state index in [-0.39, 0.29) is 5.41 Å². The Morgan fingerprint density at radius 2 is 1.95 bits per heavy atom. The second-order valence-corrected chi connectivity index (χ2v) is 6.55. The smallest absolute Gasteiger partial charge is 0.112 e. The van der Waals surface area contributed by atoms with E-state index in [0.29, 0.717) is 0 Å². The van der Waals surface area contributed by atoms with Gasteiger partial charge in [-0.3, -0.25) is 0 Å². The minimum Gasteiger partial charge on any atom is -0.385 e. The molecule has 0 aliphatic carbocycles. The van der Waals surface area contributed by atoms with E-state index in [1.54, 1.807) is 0 Å². The van der Waals surface area contributed by atoms with Crippen molar-refractivity contribution in [1.82, 2.24) is 9.97 Å². The summed E-state index contributed by atoms with van der Waals surface area (Å²) in [6.07, 6.45) is 5.16. The number of unbranched alkanes of at least 4 members (excludes halogenated alkanes) is 3. The fraction of sp³-hybridized carbons (Fsp3) is 0.588. The first-order valence-corrected chi connectivity index (χ1v) is 7.75. The lowest BCUT2D eigenvalue weighted by molar-refractivity contribution is 0.554. The second-order valence-electron chi connectivity index (χ2n) is 6.55. The predicted octanol–water partition coefficient (Wildman–Crippen LogP) is 4.85. The van der Waals surface area contributed by atoms with Gasteiger partial charge in [0.05, 0.1) is 11.0 Å². The van der Waals surface area contributed by atoms with E-state index >= 15 is 0 Å². The molecule has 0 spiro atoms. The van der Waals surface area contributed by atoms with E-state index in [2.05, 4.69) is 61.2 Å². The number of benzene rings is 1. The van der Waals surface area contributed by atoms with Crippen LogP contribution in [0.25, 0.3) is 11.0 Å². The first kappa shape index (κ1) is 14.9. The number of anilines is 1. The molecule has 0 fully saturated rings. The maximum Gasteiger partial charge on any atom is 0.112 e. The summed E-state index contributed by atoms with van der Waals surface area (Å²) in [5.74, 6) is 1.05. The number of hydrogen-bond acceptors (Lipinski definition) is 2. The van der Waals surface area contributed by atoms with Gasteiger partial charge in [-0.25, -0.2) is 4.98 Å². The van der Waals surface area contributed by atoms with Crippen LogP contribution in [0.3, 0.4) is 0 Å². The topological polar surface area (TPSA) is 40.7 Å². The Labute approximate surface area is 122 Å². The maximum atomic E-state index is 4.66. The molecule has 0 atom stereocenters. The Morgan fingerprint density at radius 1 is 1.15 bits per heavy atom. The molecule has 1 heterocycles. The van der Waals surface area contributed by atoms with Crippen LogP contribution in [0.5, 0.6) is 0 Å². The van der Waals surface area contributed by atoms with Crippen LogP contribution >= 0.6 is 0 Å². The van der Waals surface area contributed by atoms with E-state index in [1.807, 2.05) is 0 Å². The van der Waals surface area contributed by atoms with Crippen LogP contribution in [0, 0.1) is 0 Å². The van der Waals surface area contributed by atoms with Crippen molar-refractivity contribution >= 4 is 16.7 Å². The number of rotatable bonds is 6. The van der Waals surface area contributed by atoms with Crippen LogP contribution in [-0.2, 0) is 5.41 Å². The molecule has 0 bridgehead atoms. The highest BCUT2D eigenvalue weighted by Gasteiger charge is 2.18. The summed E-state index contributed by atoms with van der Waals surface area (Å²) >= 11 is 0. The zero-order valence-corrected chi connectivity index (χ0v) is 13.2. The van der Waals surface area contributed by atoms with Gasteiger partial charge in [-0.05, 0) is 24.6 Å². The van der Waals surface area contributed by atoms with Gasteiger partial charge >= 0.3 is 0 Å². The van der Waals surface area contributed by atoms with Crippen LogP contribution in [0.2, 0.25) is 0 Å². The summed E-state index contributed by atoms with van der Waals surface area (Å²) < 4.78 is 0. The highest BCUT2D eigenvalue weighted by Crippen LogP contribution is 2.24. The molecule has 2 rings (SSSR count). The molecule has 3 heteroatoms. The molecule has 2 aromatic rings. The molecule has 3 nitrogen and oxygen atoms in total. The van der Waals surface area contributed by atoms with E-state index in [1.165, 1.54) is 31.4 Å². The normalized spacial score (nSPS) is 12.0. The van der Waals surface area contributed by atoms with Gasteiger partial charge in [0.15, 0.2) is 0 Å². The average molecular weight is 273 g/mol. The Hall–Kier alpha value is -1.51. The lowest BCUT2D eigenvalue weighted by Crippen LogP contribution is -2.12. The van der Waals surface area contributed by atoms with E-state index in [4.69, 9.17) is 0 Å². The minimum atomic E-state index is 0.0623. The molecule has 0 aliphatic rings. The third kappa shape index (κ3) is 3.75. The zero-order chi connectivity index (χ0) is 14.6. The van der Waals surface area contributed by atoms with Crippen molar-refractivity contribution in [1.29, 1.82) is 0 Å². The van der Waals surface area contributed by atoms with E-state index in [9.17, 15) is 0 Å². The highest BCUT2D eigenvalue weighted by atomic mass is 14.9. The standard InChI is InChI=1S/C17H27N3/c1-5-6-7-8-11-18-13-9-10-14-15(12-13)20-16(19-14)17(2,3)4/h9-10,12,18H,5-8,11H2,1-4H3,(H,19,20). The molecule has 1 aromatic carbocycles. The number of nitrogens with zero attached hydrogens (tertiary/aromatic N) is 1. The van der Waals surface area contributed by atoms with Gasteiger partial charge < -0.3 is 10.3 Å². The molecule has 1 aromatic heterocycles. The lowest BCUT2D eigenvalue weighted by atomic mass is 9.96. The maximum absolute atomic E-state index is 4.66. The summed E-state index contributed by atoms with van der Waals surface area (Å²) in [4.78, 5) is 8.10. The molecule has 0 saturated carbocycles. The molecular formula is C17H27N3. The molecular weight excluding hydrogens is 246 g/mol. The van der Waals surface area contributed by atoms with Gasteiger partial charge in [0.25, 0.3) is 0 Å². The Morgan fingerprint density at radius 3 is 2.65 bits per heavy atom. The van der Waals surface area contributed by atoms with Gasteiger partial charge in [0.1, 0.15) is 5.82 Å². The third-order valence-electron chi connectivity index (χ3n) is 3.55. The predicted molar refractivity (Wildman–Crippen MR) is 87.4 cm³/mol. The van der Waals surface area contributed by atoms with Crippen molar-refractivity contribution in [2.24, 2.45) is 0 Å². The van der Waals surface area contributed by atoms with Gasteiger partial charge in [0, 0.05) is 17.6 Å². The molecule has 0 radical (unpaired) electrons. The van der Waals surface area contributed by atoms with Gasteiger partial charge in [-0.2, -0.15) is 0 Å². The summed E-state index contributed by atoms with van der Waals surface area (Å²) in [6, 6.07) is 6.38. The van der Waals surface area contributed by atoms with Crippen LogP contribution in [0.1, 0.15) is 59.2 Å². The first-order chi connectivity index (χ1) is 9.50. The Kier molecular flexibility index (Phi) is 4.69. The van der Waals surface area contributed by atoms with Crippen molar-refractivity contribution in [3.8, 4) is 0 Å². The van der Waals surface area contributed by atoms with Gasteiger partial charge in [0.2, 0.25) is 0 Å². The molecule has 20 heavy (non-hydrogen) atoms. The third-order valence-corrected chi connectivity index (χ3v) is 3.55. The number of fused-ring (bicyclic) bond motifs is 1. The highest BCUT2D eigenvalue weighted by molar-refractivity contribution is 5.79. The number of aromatic amines is 1. The van der Waals surface area contributed by atoms with Gasteiger partial charge in [-0.15, -0.1) is 0 Å². The monoisotopic (exact) mass is 273 g/mol. The molecule has 0 unspecified atom stereocenters. The number of aromatic nitrogens is 2. The fourth-order valence-electron chi connectivity index (χ4n) is 2.26. The largest absolute Gasteiger partial charge is 0.385 e. The van der Waals surface area contributed by atoms with Gasteiger partial charge in [-0.1, -0.05) is 47.0 Å². The van der Waals surface area contributed by atoms with Crippen LogP contribution < -0.4 is 5.32 Å². The van der Waals surface area contributed by atoms with Crippen LogP contribution in [-0.4, -0.2) is 16.5 Å². The number of nitrogens with one attached hydrogen (secondary N) is 2. The average Bonchev–Trinajstić information content (AvgIpc) is 2.81. The lowest BCUT2D eigenvalue weighted by Gasteiger charge is -2.13. The summed E-state index contributed by atoms with van der Waals surface area (Å²) in [7, 11) is 0. The molecule has 0 aliphatic heterocycles.